The number of hydrogen-bond donors (Lipinski definition) is 1. The third-order valence-electron chi connectivity index (χ3n) is 4.25. The molecule has 0 unspecified atom stereocenters. The molecule has 1 aromatic rings. The summed E-state index contributed by atoms with van der Waals surface area (Å²) in [5, 5.41) is 4.05. The van der Waals surface area contributed by atoms with E-state index in [1.807, 2.05) is 31.3 Å². The monoisotopic (exact) mass is 481 g/mol. The quantitative estimate of drug-likeness (QED) is 0.279. The van der Waals surface area contributed by atoms with Gasteiger partial charge in [-0.2, -0.15) is 0 Å². The van der Waals surface area contributed by atoms with Crippen LogP contribution in [0.15, 0.2) is 29.3 Å². The number of benzene rings is 1. The van der Waals surface area contributed by atoms with E-state index < -0.39 is 0 Å². The number of hydrogen-bond acceptors (Lipinski definition) is 3. The van der Waals surface area contributed by atoms with Crippen LogP contribution in [0, 0.1) is 5.92 Å². The van der Waals surface area contributed by atoms with Gasteiger partial charge in [-0.15, -0.1) is 24.0 Å². The number of guanidine groups is 1. The molecule has 1 N–H and O–H groups in total. The van der Waals surface area contributed by atoms with Crippen molar-refractivity contribution in [3.8, 4) is 5.75 Å². The topological polar surface area (TPSA) is 46.1 Å². The minimum Gasteiger partial charge on any atom is -0.492 e. The van der Waals surface area contributed by atoms with Gasteiger partial charge in [0.2, 0.25) is 0 Å². The molecule has 2 rings (SSSR count). The molecule has 1 aliphatic heterocycles. The van der Waals surface area contributed by atoms with Crippen LogP contribution in [-0.4, -0.2) is 57.9 Å². The Morgan fingerprint density at radius 1 is 1.32 bits per heavy atom. The standard InChI is InChI=1S/C18H28ClN3O2.HI/c1-20-18(22(2)11-7-15-8-12-23-13-9-15)21-10-14-24-17-5-3-16(19)4-6-17;/h3-6,15H,7-14H2,1-2H3,(H,20,21);1H. The lowest BCUT2D eigenvalue weighted by Gasteiger charge is -2.26. The number of ether oxygens (including phenoxy) is 2. The molecule has 1 aliphatic rings. The van der Waals surface area contributed by atoms with E-state index in [4.69, 9.17) is 21.1 Å². The Kier molecular flexibility index (Phi) is 11.2. The molecule has 0 aliphatic carbocycles. The smallest absolute Gasteiger partial charge is 0.193 e. The van der Waals surface area contributed by atoms with Gasteiger partial charge in [-0.3, -0.25) is 4.99 Å². The van der Waals surface area contributed by atoms with Crippen molar-refractivity contribution in [2.75, 3.05) is 47.0 Å². The number of aliphatic imine (C=N–C) groups is 1. The molecular formula is C18H29ClIN3O2. The van der Waals surface area contributed by atoms with Gasteiger partial charge in [-0.05, 0) is 49.4 Å². The molecule has 0 radical (unpaired) electrons. The minimum atomic E-state index is 0. The average molecular weight is 482 g/mol. The first kappa shape index (κ1) is 22.3. The van der Waals surface area contributed by atoms with Crippen molar-refractivity contribution < 1.29 is 9.47 Å². The lowest BCUT2D eigenvalue weighted by atomic mass is 9.96. The highest BCUT2D eigenvalue weighted by Crippen LogP contribution is 2.18. The van der Waals surface area contributed by atoms with E-state index in [1.54, 1.807) is 0 Å². The Hall–Kier alpha value is -0.730. The summed E-state index contributed by atoms with van der Waals surface area (Å²) in [7, 11) is 3.89. The second-order valence-electron chi connectivity index (χ2n) is 6.04. The zero-order valence-electron chi connectivity index (χ0n) is 15.0. The van der Waals surface area contributed by atoms with E-state index in [9.17, 15) is 0 Å². The van der Waals surface area contributed by atoms with Gasteiger partial charge in [0, 0.05) is 38.9 Å². The molecule has 0 bridgehead atoms. The van der Waals surface area contributed by atoms with Gasteiger partial charge in [-0.25, -0.2) is 0 Å². The van der Waals surface area contributed by atoms with E-state index in [1.165, 1.54) is 19.3 Å². The first-order valence-corrected chi connectivity index (χ1v) is 8.94. The summed E-state index contributed by atoms with van der Waals surface area (Å²) in [6.07, 6.45) is 3.53. The lowest BCUT2D eigenvalue weighted by molar-refractivity contribution is 0.0625. The van der Waals surface area contributed by atoms with Crippen LogP contribution in [0.1, 0.15) is 19.3 Å². The van der Waals surface area contributed by atoms with Crippen LogP contribution in [0.5, 0.6) is 5.75 Å². The summed E-state index contributed by atoms with van der Waals surface area (Å²) < 4.78 is 11.1. The lowest BCUT2D eigenvalue weighted by Crippen LogP contribution is -2.41. The second kappa shape index (κ2) is 12.6. The fourth-order valence-electron chi connectivity index (χ4n) is 2.76. The van der Waals surface area contributed by atoms with Crippen LogP contribution < -0.4 is 10.1 Å². The highest BCUT2D eigenvalue weighted by atomic mass is 127. The van der Waals surface area contributed by atoms with Crippen molar-refractivity contribution in [3.63, 3.8) is 0 Å². The van der Waals surface area contributed by atoms with Crippen LogP contribution in [0.4, 0.5) is 0 Å². The highest BCUT2D eigenvalue weighted by molar-refractivity contribution is 14.0. The van der Waals surface area contributed by atoms with Crippen molar-refractivity contribution in [1.82, 2.24) is 10.2 Å². The number of rotatable bonds is 7. The number of nitrogens with zero attached hydrogens (tertiary/aromatic N) is 2. The predicted molar refractivity (Wildman–Crippen MR) is 115 cm³/mol. The van der Waals surface area contributed by atoms with Gasteiger partial charge >= 0.3 is 0 Å². The summed E-state index contributed by atoms with van der Waals surface area (Å²) in [5.74, 6) is 2.50. The first-order valence-electron chi connectivity index (χ1n) is 8.57. The van der Waals surface area contributed by atoms with Crippen LogP contribution in [0.2, 0.25) is 5.02 Å². The Balaban J connectivity index is 0.00000312. The Labute approximate surface area is 173 Å². The molecule has 5 nitrogen and oxygen atoms in total. The van der Waals surface area contributed by atoms with Crippen molar-refractivity contribution in [2.24, 2.45) is 10.9 Å². The van der Waals surface area contributed by atoms with E-state index in [-0.39, 0.29) is 24.0 Å². The molecule has 142 valence electrons. The maximum absolute atomic E-state index is 5.86. The van der Waals surface area contributed by atoms with Crippen molar-refractivity contribution >= 4 is 41.5 Å². The van der Waals surface area contributed by atoms with Crippen LogP contribution in [-0.2, 0) is 4.74 Å². The summed E-state index contributed by atoms with van der Waals surface area (Å²) in [6, 6.07) is 7.40. The molecule has 1 fully saturated rings. The maximum atomic E-state index is 5.86. The zero-order valence-corrected chi connectivity index (χ0v) is 18.1. The van der Waals surface area contributed by atoms with Gasteiger partial charge in [0.1, 0.15) is 12.4 Å². The van der Waals surface area contributed by atoms with Gasteiger partial charge < -0.3 is 19.7 Å². The van der Waals surface area contributed by atoms with E-state index >= 15 is 0 Å². The Bertz CT molecular complexity index is 508. The predicted octanol–water partition coefficient (Wildman–Crippen LogP) is 3.66. The molecule has 0 saturated carbocycles. The third-order valence-corrected chi connectivity index (χ3v) is 4.51. The van der Waals surface area contributed by atoms with E-state index in [0.29, 0.717) is 18.2 Å². The molecule has 7 heteroatoms. The minimum absolute atomic E-state index is 0. The molecule has 0 atom stereocenters. The molecule has 0 amide bonds. The van der Waals surface area contributed by atoms with Gasteiger partial charge in [0.25, 0.3) is 0 Å². The zero-order chi connectivity index (χ0) is 17.2. The molecule has 1 aromatic carbocycles. The molecule has 1 heterocycles. The van der Waals surface area contributed by atoms with Gasteiger partial charge in [0.05, 0.1) is 6.54 Å². The Morgan fingerprint density at radius 2 is 2.00 bits per heavy atom. The van der Waals surface area contributed by atoms with E-state index in [2.05, 4.69) is 22.3 Å². The van der Waals surface area contributed by atoms with Crippen molar-refractivity contribution in [2.45, 2.75) is 19.3 Å². The third kappa shape index (κ3) is 8.46. The number of halogens is 2. The van der Waals surface area contributed by atoms with Crippen LogP contribution >= 0.6 is 35.6 Å². The highest BCUT2D eigenvalue weighted by Gasteiger charge is 2.15. The molecular weight excluding hydrogens is 453 g/mol. The van der Waals surface area contributed by atoms with E-state index in [0.717, 1.165) is 37.4 Å². The first-order chi connectivity index (χ1) is 11.7. The average Bonchev–Trinajstić information content (AvgIpc) is 2.62. The molecule has 25 heavy (non-hydrogen) atoms. The molecule has 0 spiro atoms. The normalized spacial score (nSPS) is 15.4. The van der Waals surface area contributed by atoms with Gasteiger partial charge in [-0.1, -0.05) is 11.6 Å². The Morgan fingerprint density at radius 3 is 2.64 bits per heavy atom. The summed E-state index contributed by atoms with van der Waals surface area (Å²) in [6.45, 7) is 4.10. The van der Waals surface area contributed by atoms with Crippen molar-refractivity contribution in [1.29, 1.82) is 0 Å². The molecule has 0 aromatic heterocycles. The van der Waals surface area contributed by atoms with Crippen LogP contribution in [0.25, 0.3) is 0 Å². The second-order valence-corrected chi connectivity index (χ2v) is 6.48. The van der Waals surface area contributed by atoms with Crippen LogP contribution in [0.3, 0.4) is 0 Å². The molecule has 1 saturated heterocycles. The maximum Gasteiger partial charge on any atom is 0.193 e. The number of nitrogens with one attached hydrogen (secondary N) is 1. The largest absolute Gasteiger partial charge is 0.492 e. The SMILES string of the molecule is CN=C(NCCOc1ccc(Cl)cc1)N(C)CCC1CCOCC1.I. The summed E-state index contributed by atoms with van der Waals surface area (Å²) >= 11 is 5.86. The van der Waals surface area contributed by atoms with Gasteiger partial charge in [0.15, 0.2) is 5.96 Å². The fraction of sp³-hybridized carbons (Fsp3) is 0.611. The summed E-state index contributed by atoms with van der Waals surface area (Å²) in [4.78, 5) is 6.52. The summed E-state index contributed by atoms with van der Waals surface area (Å²) in [5.41, 5.74) is 0. The van der Waals surface area contributed by atoms with Crippen molar-refractivity contribution in [3.05, 3.63) is 29.3 Å². The fourth-order valence-corrected chi connectivity index (χ4v) is 2.89.